The Morgan fingerprint density at radius 3 is 2.77 bits per heavy atom. The van der Waals surface area contributed by atoms with Crippen molar-refractivity contribution in [2.75, 3.05) is 20.6 Å². The molecule has 0 aromatic heterocycles. The van der Waals surface area contributed by atoms with Crippen LogP contribution in [0.1, 0.15) is 24.0 Å². The van der Waals surface area contributed by atoms with Crippen LogP contribution < -0.4 is 0 Å². The first-order valence-corrected chi connectivity index (χ1v) is 7.75. The standard InChI is InChI=1S/C20H23N.ClH/c1-21(2)15-7-12-20-18-10-5-3-8-16(18)13-14-17-9-4-6-11-19(17)20;/h3-6,8,10-12,14H,7,9,13,15H2,1-2H3;1H. The Morgan fingerprint density at radius 2 is 1.95 bits per heavy atom. The molecule has 0 fully saturated rings. The zero-order valence-corrected chi connectivity index (χ0v) is 14.2. The zero-order chi connectivity index (χ0) is 14.7. The first-order chi connectivity index (χ1) is 10.3. The molecule has 1 nitrogen and oxygen atoms in total. The topological polar surface area (TPSA) is 3.24 Å². The molecule has 0 N–H and O–H groups in total. The third-order valence-electron chi connectivity index (χ3n) is 4.17. The molecule has 3 rings (SSSR count). The Bertz CT molecular complexity index is 647. The molecule has 0 heterocycles. The summed E-state index contributed by atoms with van der Waals surface area (Å²) >= 11 is 0. The van der Waals surface area contributed by atoms with Crippen molar-refractivity contribution in [2.45, 2.75) is 19.3 Å². The Morgan fingerprint density at radius 1 is 1.14 bits per heavy atom. The maximum absolute atomic E-state index is 2.42. The smallest absolute Gasteiger partial charge is 0.00101 e. The predicted octanol–water partition coefficient (Wildman–Crippen LogP) is 4.81. The van der Waals surface area contributed by atoms with Gasteiger partial charge in [0.25, 0.3) is 0 Å². The van der Waals surface area contributed by atoms with Crippen molar-refractivity contribution >= 4 is 18.0 Å². The van der Waals surface area contributed by atoms with E-state index < -0.39 is 0 Å². The number of benzene rings is 1. The minimum Gasteiger partial charge on any atom is -0.309 e. The summed E-state index contributed by atoms with van der Waals surface area (Å²) in [6.07, 6.45) is 14.7. The molecule has 22 heavy (non-hydrogen) atoms. The predicted molar refractivity (Wildman–Crippen MR) is 98.5 cm³/mol. The molecule has 2 aliphatic rings. The molecule has 1 aromatic carbocycles. The quantitative estimate of drug-likeness (QED) is 0.774. The first kappa shape index (κ1) is 16.8. The second kappa shape index (κ2) is 7.62. The van der Waals surface area contributed by atoms with Crippen LogP contribution in [-0.4, -0.2) is 25.5 Å². The van der Waals surface area contributed by atoms with Gasteiger partial charge in [-0.05, 0) is 61.2 Å². The van der Waals surface area contributed by atoms with Gasteiger partial charge in [0.15, 0.2) is 0 Å². The van der Waals surface area contributed by atoms with E-state index in [0.717, 1.165) is 25.8 Å². The molecule has 0 radical (unpaired) electrons. The average Bonchev–Trinajstić information content (AvgIpc) is 2.65. The first-order valence-electron chi connectivity index (χ1n) is 7.75. The van der Waals surface area contributed by atoms with Crippen molar-refractivity contribution in [1.82, 2.24) is 4.90 Å². The number of rotatable bonds is 3. The largest absolute Gasteiger partial charge is 0.309 e. The minimum atomic E-state index is 0. The van der Waals surface area contributed by atoms with E-state index >= 15 is 0 Å². The van der Waals surface area contributed by atoms with Gasteiger partial charge in [-0.25, -0.2) is 0 Å². The van der Waals surface area contributed by atoms with Gasteiger partial charge in [-0.2, -0.15) is 0 Å². The van der Waals surface area contributed by atoms with Gasteiger partial charge in [0, 0.05) is 6.54 Å². The number of nitrogens with zero attached hydrogens (tertiary/aromatic N) is 1. The molecule has 116 valence electrons. The van der Waals surface area contributed by atoms with E-state index in [0.29, 0.717) is 0 Å². The molecule has 1 aromatic rings. The molecule has 0 bridgehead atoms. The molecule has 0 saturated carbocycles. The van der Waals surface area contributed by atoms with Crippen molar-refractivity contribution in [3.8, 4) is 0 Å². The Balaban J connectivity index is 0.00000176. The Hall–Kier alpha value is -1.57. The normalized spacial score (nSPS) is 18.0. The number of hydrogen-bond acceptors (Lipinski definition) is 1. The van der Waals surface area contributed by atoms with Gasteiger partial charge in [-0.15, -0.1) is 12.4 Å². The second-order valence-corrected chi connectivity index (χ2v) is 6.01. The van der Waals surface area contributed by atoms with E-state index in [2.05, 4.69) is 73.6 Å². The maximum atomic E-state index is 2.42. The van der Waals surface area contributed by atoms with Gasteiger partial charge in [0.1, 0.15) is 0 Å². The summed E-state index contributed by atoms with van der Waals surface area (Å²) in [4.78, 5) is 2.24. The maximum Gasteiger partial charge on any atom is 0.00101 e. The van der Waals surface area contributed by atoms with E-state index in [1.54, 1.807) is 0 Å². The van der Waals surface area contributed by atoms with Gasteiger partial charge in [-0.1, -0.05) is 54.6 Å². The second-order valence-electron chi connectivity index (χ2n) is 6.01. The van der Waals surface area contributed by atoms with Gasteiger partial charge in [-0.3, -0.25) is 0 Å². The highest BCUT2D eigenvalue weighted by molar-refractivity contribution is 5.87. The van der Waals surface area contributed by atoms with Crippen LogP contribution in [0.4, 0.5) is 0 Å². The third kappa shape index (κ3) is 3.60. The van der Waals surface area contributed by atoms with Crippen molar-refractivity contribution in [2.24, 2.45) is 0 Å². The molecule has 0 saturated heterocycles. The van der Waals surface area contributed by atoms with Crippen LogP contribution in [-0.2, 0) is 6.42 Å². The third-order valence-corrected chi connectivity index (χ3v) is 4.17. The van der Waals surface area contributed by atoms with Gasteiger partial charge in [0.05, 0.1) is 0 Å². The molecular weight excluding hydrogens is 290 g/mol. The van der Waals surface area contributed by atoms with Crippen molar-refractivity contribution in [3.63, 3.8) is 0 Å². The van der Waals surface area contributed by atoms with Crippen LogP contribution in [0.5, 0.6) is 0 Å². The number of hydrogen-bond donors (Lipinski definition) is 0. The summed E-state index contributed by atoms with van der Waals surface area (Å²) in [5.41, 5.74) is 7.16. The number of allylic oxidation sites excluding steroid dienone is 7. The highest BCUT2D eigenvalue weighted by Gasteiger charge is 2.18. The summed E-state index contributed by atoms with van der Waals surface area (Å²) < 4.78 is 0. The molecule has 0 aliphatic heterocycles. The van der Waals surface area contributed by atoms with Crippen molar-refractivity contribution in [1.29, 1.82) is 0 Å². The van der Waals surface area contributed by atoms with Gasteiger partial charge in [0.2, 0.25) is 0 Å². The van der Waals surface area contributed by atoms with Crippen molar-refractivity contribution < 1.29 is 0 Å². The van der Waals surface area contributed by atoms with Gasteiger partial charge < -0.3 is 4.90 Å². The summed E-state index contributed by atoms with van der Waals surface area (Å²) in [5, 5.41) is 0. The molecule has 0 amide bonds. The SMILES string of the molecule is CN(C)CCC=C1C2=CC=CCC2=CCc2ccccc21.Cl. The lowest BCUT2D eigenvalue weighted by Gasteiger charge is -2.17. The fourth-order valence-electron chi connectivity index (χ4n) is 3.06. The lowest BCUT2D eigenvalue weighted by Crippen LogP contribution is -2.12. The van der Waals surface area contributed by atoms with Crippen LogP contribution >= 0.6 is 12.4 Å². The summed E-state index contributed by atoms with van der Waals surface area (Å²) in [5.74, 6) is 0. The highest BCUT2D eigenvalue weighted by Crippen LogP contribution is 2.37. The van der Waals surface area contributed by atoms with Crippen LogP contribution in [0.25, 0.3) is 5.57 Å². The highest BCUT2D eigenvalue weighted by atomic mass is 35.5. The van der Waals surface area contributed by atoms with E-state index in [-0.39, 0.29) is 12.4 Å². The lowest BCUT2D eigenvalue weighted by atomic mass is 9.88. The summed E-state index contributed by atoms with van der Waals surface area (Å²) in [6, 6.07) is 8.84. The molecule has 2 aliphatic carbocycles. The molecule has 2 heteroatoms. The fraction of sp³-hybridized carbons (Fsp3) is 0.300. The van der Waals surface area contributed by atoms with Crippen molar-refractivity contribution in [3.05, 3.63) is 76.9 Å². The molecule has 0 spiro atoms. The average molecular weight is 314 g/mol. The summed E-state index contributed by atoms with van der Waals surface area (Å²) in [7, 11) is 4.26. The number of halogens is 1. The van der Waals surface area contributed by atoms with Crippen LogP contribution in [0, 0.1) is 0 Å². The lowest BCUT2D eigenvalue weighted by molar-refractivity contribution is 0.417. The zero-order valence-electron chi connectivity index (χ0n) is 13.4. The minimum absolute atomic E-state index is 0. The Kier molecular flexibility index (Phi) is 5.82. The van der Waals surface area contributed by atoms with Crippen LogP contribution in [0.2, 0.25) is 0 Å². The van der Waals surface area contributed by atoms with Crippen LogP contribution in [0.3, 0.4) is 0 Å². The summed E-state index contributed by atoms with van der Waals surface area (Å²) in [6.45, 7) is 1.09. The number of fused-ring (bicyclic) bond motifs is 2. The molecule has 0 unspecified atom stereocenters. The van der Waals surface area contributed by atoms with Gasteiger partial charge >= 0.3 is 0 Å². The van der Waals surface area contributed by atoms with E-state index in [9.17, 15) is 0 Å². The van der Waals surface area contributed by atoms with E-state index in [1.807, 2.05) is 0 Å². The monoisotopic (exact) mass is 313 g/mol. The fourth-order valence-corrected chi connectivity index (χ4v) is 3.06. The molecular formula is C20H24ClN. The Labute approximate surface area is 140 Å². The van der Waals surface area contributed by atoms with Crippen LogP contribution in [0.15, 0.2) is 65.8 Å². The van der Waals surface area contributed by atoms with E-state index in [4.69, 9.17) is 0 Å². The van der Waals surface area contributed by atoms with E-state index in [1.165, 1.54) is 27.8 Å². The molecule has 0 atom stereocenters.